The van der Waals surface area contributed by atoms with Gasteiger partial charge in [-0.25, -0.2) is 0 Å². The van der Waals surface area contributed by atoms with Crippen LogP contribution in [0.15, 0.2) is 10.6 Å². The third kappa shape index (κ3) is 3.51. The second-order valence-electron chi connectivity index (χ2n) is 4.57. The lowest BCUT2D eigenvalue weighted by atomic mass is 10.2. The minimum atomic E-state index is -0.190. The van der Waals surface area contributed by atoms with E-state index in [0.29, 0.717) is 17.2 Å². The quantitative estimate of drug-likeness (QED) is 0.850. The van der Waals surface area contributed by atoms with Gasteiger partial charge in [0, 0.05) is 12.1 Å². The van der Waals surface area contributed by atoms with E-state index in [1.807, 2.05) is 20.8 Å². The number of nitrogens with one attached hydrogen (secondary N) is 1. The lowest BCUT2D eigenvalue weighted by Gasteiger charge is -2.02. The number of aliphatic hydroxyl groups is 1. The maximum atomic E-state index is 12.2. The van der Waals surface area contributed by atoms with Gasteiger partial charge in [0.2, 0.25) is 0 Å². The molecule has 0 atom stereocenters. The summed E-state index contributed by atoms with van der Waals surface area (Å²) in [6, 6.07) is 1.80. The van der Waals surface area contributed by atoms with E-state index in [-0.39, 0.29) is 12.5 Å². The highest BCUT2D eigenvalue weighted by Gasteiger charge is 2.14. The van der Waals surface area contributed by atoms with Crippen molar-refractivity contribution in [1.82, 2.24) is 10.5 Å². The van der Waals surface area contributed by atoms with Gasteiger partial charge < -0.3 is 14.9 Å². The maximum Gasteiger partial charge on any atom is 0.261 e. The Morgan fingerprint density at radius 3 is 2.86 bits per heavy atom. The normalized spacial score (nSPS) is 10.1. The molecule has 2 N–H and O–H groups in total. The fourth-order valence-corrected chi connectivity index (χ4v) is 2.81. The van der Waals surface area contributed by atoms with E-state index in [1.165, 1.54) is 11.3 Å². The van der Waals surface area contributed by atoms with Gasteiger partial charge in [-0.2, -0.15) is 0 Å². The Morgan fingerprint density at radius 1 is 1.48 bits per heavy atom. The highest BCUT2D eigenvalue weighted by molar-refractivity contribution is 7.14. The molecule has 1 amide bonds. The third-order valence-corrected chi connectivity index (χ3v) is 4.18. The standard InChI is InChI=1S/C15H16N2O3S/c1-9-7-14(21-13(9)5-4-6-18)15(19)16-8-12-10(2)17-20-11(12)3/h7,18H,6,8H2,1-3H3,(H,16,19). The monoisotopic (exact) mass is 304 g/mol. The highest BCUT2D eigenvalue weighted by Crippen LogP contribution is 2.21. The number of aliphatic hydroxyl groups excluding tert-OH is 1. The molecule has 0 unspecified atom stereocenters. The van der Waals surface area contributed by atoms with Gasteiger partial charge >= 0.3 is 0 Å². The molecule has 0 aromatic carbocycles. The first-order valence-corrected chi connectivity index (χ1v) is 7.24. The number of aryl methyl sites for hydroxylation is 3. The molecule has 2 aromatic rings. The number of aromatic nitrogens is 1. The Kier molecular flexibility index (Phi) is 4.78. The third-order valence-electron chi connectivity index (χ3n) is 3.03. The highest BCUT2D eigenvalue weighted by atomic mass is 32.1. The summed E-state index contributed by atoms with van der Waals surface area (Å²) in [4.78, 5) is 13.5. The Balaban J connectivity index is 2.07. The Morgan fingerprint density at radius 2 is 2.24 bits per heavy atom. The lowest BCUT2D eigenvalue weighted by molar-refractivity contribution is 0.0955. The van der Waals surface area contributed by atoms with Crippen LogP contribution in [0.5, 0.6) is 0 Å². The van der Waals surface area contributed by atoms with Crippen molar-refractivity contribution in [3.63, 3.8) is 0 Å². The molecule has 110 valence electrons. The first-order valence-electron chi connectivity index (χ1n) is 6.43. The largest absolute Gasteiger partial charge is 0.384 e. The zero-order valence-electron chi connectivity index (χ0n) is 12.1. The van der Waals surface area contributed by atoms with Gasteiger partial charge in [-0.15, -0.1) is 11.3 Å². The van der Waals surface area contributed by atoms with Crippen molar-refractivity contribution >= 4 is 17.2 Å². The van der Waals surface area contributed by atoms with E-state index < -0.39 is 0 Å². The SMILES string of the molecule is Cc1cc(C(=O)NCc2c(C)noc2C)sc1C#CCO. The number of rotatable bonds is 3. The average molecular weight is 304 g/mol. The molecular formula is C15H16N2O3S. The van der Waals surface area contributed by atoms with E-state index in [1.54, 1.807) is 6.07 Å². The van der Waals surface area contributed by atoms with Crippen molar-refractivity contribution in [2.24, 2.45) is 0 Å². The minimum Gasteiger partial charge on any atom is -0.384 e. The van der Waals surface area contributed by atoms with E-state index >= 15 is 0 Å². The first-order chi connectivity index (χ1) is 10.0. The van der Waals surface area contributed by atoms with Crippen LogP contribution in [0.2, 0.25) is 0 Å². The Labute approximate surface area is 127 Å². The molecular weight excluding hydrogens is 288 g/mol. The summed E-state index contributed by atoms with van der Waals surface area (Å²) in [7, 11) is 0. The van der Waals surface area contributed by atoms with Crippen LogP contribution in [0.1, 0.15) is 37.1 Å². The van der Waals surface area contributed by atoms with Crippen LogP contribution in [0, 0.1) is 32.6 Å². The summed E-state index contributed by atoms with van der Waals surface area (Å²) in [6.45, 7) is 5.75. The van der Waals surface area contributed by atoms with Crippen LogP contribution >= 0.6 is 11.3 Å². The smallest absolute Gasteiger partial charge is 0.261 e. The van der Waals surface area contributed by atoms with Crippen molar-refractivity contribution < 1.29 is 14.4 Å². The van der Waals surface area contributed by atoms with E-state index in [4.69, 9.17) is 9.63 Å². The predicted octanol–water partition coefficient (Wildman–Crippen LogP) is 1.94. The average Bonchev–Trinajstić information content (AvgIpc) is 2.98. The van der Waals surface area contributed by atoms with Gasteiger partial charge in [0.15, 0.2) is 0 Å². The van der Waals surface area contributed by atoms with Crippen LogP contribution in [0.3, 0.4) is 0 Å². The molecule has 0 aliphatic rings. The van der Waals surface area contributed by atoms with Gasteiger partial charge in [0.25, 0.3) is 5.91 Å². The van der Waals surface area contributed by atoms with E-state index in [0.717, 1.165) is 21.7 Å². The van der Waals surface area contributed by atoms with Gasteiger partial charge in [-0.3, -0.25) is 4.79 Å². The van der Waals surface area contributed by atoms with Gasteiger partial charge in [-0.05, 0) is 32.4 Å². The molecule has 0 saturated heterocycles. The fourth-order valence-electron chi connectivity index (χ4n) is 1.85. The predicted molar refractivity (Wildman–Crippen MR) is 80.2 cm³/mol. The molecule has 0 spiro atoms. The number of nitrogens with zero attached hydrogens (tertiary/aromatic N) is 1. The first kappa shape index (κ1) is 15.3. The number of amides is 1. The molecule has 0 saturated carbocycles. The molecule has 0 fully saturated rings. The van der Waals surface area contributed by atoms with E-state index in [9.17, 15) is 4.79 Å². The molecule has 5 nitrogen and oxygen atoms in total. The number of hydrogen-bond acceptors (Lipinski definition) is 5. The van der Waals surface area contributed by atoms with Gasteiger partial charge in [-0.1, -0.05) is 17.0 Å². The van der Waals surface area contributed by atoms with Gasteiger partial charge in [0.05, 0.1) is 15.4 Å². The zero-order chi connectivity index (χ0) is 15.4. The summed E-state index contributed by atoms with van der Waals surface area (Å²) in [5.41, 5.74) is 2.62. The molecule has 0 aliphatic heterocycles. The number of hydrogen-bond donors (Lipinski definition) is 2. The second kappa shape index (κ2) is 6.57. The van der Waals surface area contributed by atoms with Crippen LogP contribution in [0.25, 0.3) is 0 Å². The van der Waals surface area contributed by atoms with Crippen LogP contribution in [-0.2, 0) is 6.54 Å². The van der Waals surface area contributed by atoms with Crippen LogP contribution < -0.4 is 5.32 Å². The number of carbonyl (C=O) groups is 1. The summed E-state index contributed by atoms with van der Waals surface area (Å²) < 4.78 is 5.06. The molecule has 6 heteroatoms. The fraction of sp³-hybridized carbons (Fsp3) is 0.333. The van der Waals surface area contributed by atoms with Crippen molar-refractivity contribution in [3.8, 4) is 11.8 Å². The molecule has 2 heterocycles. The van der Waals surface area contributed by atoms with Crippen molar-refractivity contribution in [1.29, 1.82) is 0 Å². The Hall–Kier alpha value is -2.10. The molecule has 2 aromatic heterocycles. The summed E-state index contributed by atoms with van der Waals surface area (Å²) in [5.74, 6) is 5.99. The van der Waals surface area contributed by atoms with Crippen LogP contribution in [0.4, 0.5) is 0 Å². The summed E-state index contributed by atoms with van der Waals surface area (Å²) in [6.07, 6.45) is 0. The number of carbonyl (C=O) groups excluding carboxylic acids is 1. The van der Waals surface area contributed by atoms with E-state index in [2.05, 4.69) is 22.3 Å². The van der Waals surface area contributed by atoms with Gasteiger partial charge in [0.1, 0.15) is 12.4 Å². The number of thiophene rings is 1. The minimum absolute atomic E-state index is 0.153. The lowest BCUT2D eigenvalue weighted by Crippen LogP contribution is -2.22. The summed E-state index contributed by atoms with van der Waals surface area (Å²) in [5, 5.41) is 15.4. The molecule has 0 aliphatic carbocycles. The van der Waals surface area contributed by atoms with Crippen molar-refractivity contribution in [3.05, 3.63) is 38.4 Å². The Bertz CT molecular complexity index is 700. The molecule has 0 radical (unpaired) electrons. The zero-order valence-corrected chi connectivity index (χ0v) is 12.9. The van der Waals surface area contributed by atoms with Crippen molar-refractivity contribution in [2.75, 3.05) is 6.61 Å². The summed E-state index contributed by atoms with van der Waals surface area (Å²) >= 11 is 1.32. The molecule has 0 bridgehead atoms. The molecule has 21 heavy (non-hydrogen) atoms. The second-order valence-corrected chi connectivity index (χ2v) is 5.62. The van der Waals surface area contributed by atoms with Crippen LogP contribution in [-0.4, -0.2) is 22.8 Å². The van der Waals surface area contributed by atoms with Crippen molar-refractivity contribution in [2.45, 2.75) is 27.3 Å². The topological polar surface area (TPSA) is 75.4 Å². The maximum absolute atomic E-state index is 12.2. The molecule has 2 rings (SSSR count).